The van der Waals surface area contributed by atoms with Crippen LogP contribution in [-0.4, -0.2) is 48.0 Å². The Morgan fingerprint density at radius 2 is 1.96 bits per heavy atom. The fourth-order valence-corrected chi connectivity index (χ4v) is 3.50. The molecule has 0 saturated carbocycles. The Kier molecular flexibility index (Phi) is 5.08. The molecule has 1 N–H and O–H groups in total. The number of rotatable bonds is 7. The van der Waals surface area contributed by atoms with Gasteiger partial charge in [0.1, 0.15) is 23.9 Å². The van der Waals surface area contributed by atoms with Gasteiger partial charge in [0.05, 0.1) is 19.8 Å². The van der Waals surface area contributed by atoms with Crippen LogP contribution < -0.4 is 0 Å². The quantitative estimate of drug-likeness (QED) is 0.776. The summed E-state index contributed by atoms with van der Waals surface area (Å²) in [5.41, 5.74) is 0.288. The van der Waals surface area contributed by atoms with E-state index < -0.39 is 11.4 Å². The van der Waals surface area contributed by atoms with Crippen molar-refractivity contribution in [3.63, 3.8) is 0 Å². The zero-order valence-electron chi connectivity index (χ0n) is 14.3. The minimum absolute atomic E-state index is 0.144. The van der Waals surface area contributed by atoms with E-state index in [0.29, 0.717) is 19.6 Å². The van der Waals surface area contributed by atoms with Crippen molar-refractivity contribution >= 4 is 0 Å². The van der Waals surface area contributed by atoms with E-state index in [2.05, 4.69) is 6.58 Å². The van der Waals surface area contributed by atoms with Crippen LogP contribution in [0.3, 0.4) is 0 Å². The summed E-state index contributed by atoms with van der Waals surface area (Å²) < 4.78 is 24.0. The molecule has 0 amide bonds. The van der Waals surface area contributed by atoms with Crippen LogP contribution in [0.1, 0.15) is 25.8 Å². The molecule has 0 aromatic heterocycles. The predicted octanol–water partition coefficient (Wildman–Crippen LogP) is 2.43. The molecule has 0 bridgehead atoms. The summed E-state index contributed by atoms with van der Waals surface area (Å²) in [5.74, 6) is -0.696. The van der Waals surface area contributed by atoms with Gasteiger partial charge in [-0.15, -0.1) is 6.58 Å². The van der Waals surface area contributed by atoms with Gasteiger partial charge in [-0.1, -0.05) is 36.4 Å². The van der Waals surface area contributed by atoms with Crippen molar-refractivity contribution in [3.8, 4) is 0 Å². The SMILES string of the molecule is C=CC[C@]1(CO)O[C@H](COCc2ccccc2)[C@H]2OC(C)(C)O[C@H]21. The topological polar surface area (TPSA) is 57.2 Å². The maximum absolute atomic E-state index is 9.94. The lowest BCUT2D eigenvalue weighted by molar-refractivity contribution is -0.220. The van der Waals surface area contributed by atoms with Crippen molar-refractivity contribution in [2.75, 3.05) is 13.2 Å². The van der Waals surface area contributed by atoms with E-state index in [4.69, 9.17) is 18.9 Å². The molecule has 0 aliphatic carbocycles. The fourth-order valence-electron chi connectivity index (χ4n) is 3.50. The highest BCUT2D eigenvalue weighted by molar-refractivity contribution is 5.13. The number of hydrogen-bond acceptors (Lipinski definition) is 5. The molecule has 0 unspecified atom stereocenters. The molecule has 5 nitrogen and oxygen atoms in total. The van der Waals surface area contributed by atoms with Crippen LogP contribution in [0.15, 0.2) is 43.0 Å². The Labute approximate surface area is 143 Å². The Balaban J connectivity index is 1.67. The van der Waals surface area contributed by atoms with E-state index in [-0.39, 0.29) is 24.9 Å². The van der Waals surface area contributed by atoms with Gasteiger partial charge in [0.2, 0.25) is 0 Å². The molecule has 2 heterocycles. The molecule has 1 aromatic carbocycles. The van der Waals surface area contributed by atoms with Crippen LogP contribution in [0.2, 0.25) is 0 Å². The molecule has 132 valence electrons. The Bertz CT molecular complexity index is 558. The van der Waals surface area contributed by atoms with Crippen molar-refractivity contribution in [2.24, 2.45) is 0 Å². The first-order chi connectivity index (χ1) is 11.5. The molecule has 0 spiro atoms. The van der Waals surface area contributed by atoms with Crippen LogP contribution in [0.25, 0.3) is 0 Å². The third-order valence-corrected chi connectivity index (χ3v) is 4.55. The molecule has 2 saturated heterocycles. The lowest BCUT2D eigenvalue weighted by atomic mass is 9.92. The van der Waals surface area contributed by atoms with Gasteiger partial charge in [-0.3, -0.25) is 0 Å². The standard InChI is InChI=1S/C19H26O5/c1-4-10-19(13-20)17-16(23-18(2,3)24-17)15(22-19)12-21-11-14-8-6-5-7-9-14/h4-9,15-17,20H,1,10-13H2,2-3H3/t15-,16-,17-,19-/m1/s1. The van der Waals surface area contributed by atoms with Crippen LogP contribution in [0, 0.1) is 0 Å². The third kappa shape index (κ3) is 3.41. The summed E-state index contributed by atoms with van der Waals surface area (Å²) in [6, 6.07) is 9.99. The van der Waals surface area contributed by atoms with E-state index >= 15 is 0 Å². The second kappa shape index (κ2) is 6.94. The number of benzene rings is 1. The fraction of sp³-hybridized carbons (Fsp3) is 0.579. The molecule has 4 atom stereocenters. The largest absolute Gasteiger partial charge is 0.393 e. The van der Waals surface area contributed by atoms with E-state index in [1.54, 1.807) is 6.08 Å². The zero-order chi connectivity index (χ0) is 17.2. The molecular formula is C19H26O5. The van der Waals surface area contributed by atoms with Gasteiger partial charge < -0.3 is 24.1 Å². The van der Waals surface area contributed by atoms with Crippen molar-refractivity contribution in [2.45, 2.75) is 56.6 Å². The number of aliphatic hydroxyl groups is 1. The van der Waals surface area contributed by atoms with E-state index in [9.17, 15) is 5.11 Å². The zero-order valence-corrected chi connectivity index (χ0v) is 14.3. The summed E-state index contributed by atoms with van der Waals surface area (Å²) in [7, 11) is 0. The normalized spacial score (nSPS) is 34.2. The van der Waals surface area contributed by atoms with E-state index in [1.165, 1.54) is 0 Å². The average Bonchev–Trinajstić information content (AvgIpc) is 3.02. The first-order valence-electron chi connectivity index (χ1n) is 8.36. The first kappa shape index (κ1) is 17.6. The van der Waals surface area contributed by atoms with Gasteiger partial charge >= 0.3 is 0 Å². The van der Waals surface area contributed by atoms with Crippen LogP contribution in [-0.2, 0) is 25.6 Å². The van der Waals surface area contributed by atoms with Gasteiger partial charge in [0.15, 0.2) is 5.79 Å². The third-order valence-electron chi connectivity index (χ3n) is 4.55. The highest BCUT2D eigenvalue weighted by Crippen LogP contribution is 2.45. The summed E-state index contributed by atoms with van der Waals surface area (Å²) in [6.07, 6.45) is 1.37. The smallest absolute Gasteiger partial charge is 0.164 e. The van der Waals surface area contributed by atoms with Gasteiger partial charge in [-0.05, 0) is 25.8 Å². The maximum Gasteiger partial charge on any atom is 0.164 e. The number of hydrogen-bond donors (Lipinski definition) is 1. The van der Waals surface area contributed by atoms with Crippen molar-refractivity contribution < 1.29 is 24.1 Å². The molecule has 0 radical (unpaired) electrons. The second-order valence-electron chi connectivity index (χ2n) is 6.89. The minimum atomic E-state index is -0.818. The van der Waals surface area contributed by atoms with Crippen molar-refractivity contribution in [1.82, 2.24) is 0 Å². The number of ether oxygens (including phenoxy) is 4. The molecule has 3 rings (SSSR count). The van der Waals surface area contributed by atoms with Crippen LogP contribution in [0.5, 0.6) is 0 Å². The van der Waals surface area contributed by atoms with Gasteiger partial charge in [-0.2, -0.15) is 0 Å². The van der Waals surface area contributed by atoms with Crippen LogP contribution >= 0.6 is 0 Å². The second-order valence-corrected chi connectivity index (χ2v) is 6.89. The average molecular weight is 334 g/mol. The van der Waals surface area contributed by atoms with Crippen molar-refractivity contribution in [1.29, 1.82) is 0 Å². The molecule has 24 heavy (non-hydrogen) atoms. The van der Waals surface area contributed by atoms with Crippen LogP contribution in [0.4, 0.5) is 0 Å². The number of aliphatic hydroxyl groups excluding tert-OH is 1. The molecule has 1 aromatic rings. The molecule has 2 aliphatic heterocycles. The summed E-state index contributed by atoms with van der Waals surface area (Å²) in [6.45, 7) is 8.28. The lowest BCUT2D eigenvalue weighted by Crippen LogP contribution is -2.46. The molecule has 2 fully saturated rings. The van der Waals surface area contributed by atoms with E-state index in [1.807, 2.05) is 44.2 Å². The highest BCUT2D eigenvalue weighted by Gasteiger charge is 2.62. The summed E-state index contributed by atoms with van der Waals surface area (Å²) >= 11 is 0. The van der Waals surface area contributed by atoms with Crippen molar-refractivity contribution in [3.05, 3.63) is 48.6 Å². The lowest BCUT2D eigenvalue weighted by Gasteiger charge is -2.32. The summed E-state index contributed by atoms with van der Waals surface area (Å²) in [4.78, 5) is 0. The maximum atomic E-state index is 9.94. The molecule has 2 aliphatic rings. The summed E-state index contributed by atoms with van der Waals surface area (Å²) in [5, 5.41) is 9.94. The van der Waals surface area contributed by atoms with Gasteiger partial charge in [0.25, 0.3) is 0 Å². The number of fused-ring (bicyclic) bond motifs is 1. The molecule has 5 heteroatoms. The van der Waals surface area contributed by atoms with Gasteiger partial charge in [0, 0.05) is 0 Å². The minimum Gasteiger partial charge on any atom is -0.393 e. The Morgan fingerprint density at radius 1 is 1.21 bits per heavy atom. The van der Waals surface area contributed by atoms with Gasteiger partial charge in [-0.25, -0.2) is 0 Å². The van der Waals surface area contributed by atoms with E-state index in [0.717, 1.165) is 5.56 Å². The Morgan fingerprint density at radius 3 is 2.62 bits per heavy atom. The molecular weight excluding hydrogens is 308 g/mol. The highest BCUT2D eigenvalue weighted by atomic mass is 16.8. The first-order valence-corrected chi connectivity index (χ1v) is 8.36. The monoisotopic (exact) mass is 334 g/mol. The predicted molar refractivity (Wildman–Crippen MR) is 89.4 cm³/mol. The Hall–Kier alpha value is -1.24.